The number of benzene rings is 11. The normalized spacial score (nSPS) is 15.7. The molecule has 1 spiro atoms. The minimum Gasteiger partial charge on any atom is -0.310 e. The standard InChI is InChI=1S/C68H49N/c1-67(2)63-24-11-8-20-58(63)61-22-13-21-60(66(61)67)56-18-7-6-17-54(56)46-30-35-51(36-31-46)69(50-33-28-44(29-34-50)48-32-38-55-49(42-48)27-26-45-14-3-5-16-53(45)55)52-37-39-59-57-19-9-12-25-64(57)68(65(59)43-52)41-40-47-15-4-10-23-62(47)68/h3-39,42-43H,40-41H2,1-2H3. The van der Waals surface area contributed by atoms with Gasteiger partial charge in [-0.05, 0) is 166 Å². The van der Waals surface area contributed by atoms with E-state index in [1.165, 1.54) is 111 Å². The van der Waals surface area contributed by atoms with Crippen molar-refractivity contribution in [2.75, 3.05) is 4.90 Å². The average Bonchev–Trinajstić information content (AvgIpc) is 4.02. The van der Waals surface area contributed by atoms with Gasteiger partial charge in [-0.15, -0.1) is 0 Å². The van der Waals surface area contributed by atoms with E-state index in [1.807, 2.05) is 0 Å². The lowest BCUT2D eigenvalue weighted by atomic mass is 9.73. The molecule has 0 saturated carbocycles. The molecule has 0 aromatic heterocycles. The number of rotatable bonds is 6. The van der Waals surface area contributed by atoms with E-state index >= 15 is 0 Å². The monoisotopic (exact) mass is 879 g/mol. The largest absolute Gasteiger partial charge is 0.310 e. The first-order valence-electron chi connectivity index (χ1n) is 24.5. The summed E-state index contributed by atoms with van der Waals surface area (Å²) in [5.41, 5.74) is 24.5. The van der Waals surface area contributed by atoms with Gasteiger partial charge in [-0.25, -0.2) is 0 Å². The molecule has 1 heteroatoms. The van der Waals surface area contributed by atoms with E-state index in [2.05, 4.69) is 255 Å². The predicted molar refractivity (Wildman–Crippen MR) is 290 cm³/mol. The molecule has 14 rings (SSSR count). The van der Waals surface area contributed by atoms with Gasteiger partial charge >= 0.3 is 0 Å². The van der Waals surface area contributed by atoms with Crippen LogP contribution in [-0.2, 0) is 17.3 Å². The van der Waals surface area contributed by atoms with Crippen molar-refractivity contribution in [2.45, 2.75) is 37.5 Å². The first-order chi connectivity index (χ1) is 34.0. The highest BCUT2D eigenvalue weighted by Gasteiger charge is 2.48. The molecule has 0 saturated heterocycles. The van der Waals surface area contributed by atoms with Crippen LogP contribution in [0.3, 0.4) is 0 Å². The Bertz CT molecular complexity index is 3870. The van der Waals surface area contributed by atoms with Crippen LogP contribution >= 0.6 is 0 Å². The summed E-state index contributed by atoms with van der Waals surface area (Å²) < 4.78 is 0. The Kier molecular flexibility index (Phi) is 8.74. The minimum absolute atomic E-state index is 0.116. The second-order valence-corrected chi connectivity index (χ2v) is 19.9. The van der Waals surface area contributed by atoms with Crippen molar-refractivity contribution in [1.29, 1.82) is 0 Å². The van der Waals surface area contributed by atoms with Gasteiger partial charge in [0.25, 0.3) is 0 Å². The molecule has 11 aromatic rings. The summed E-state index contributed by atoms with van der Waals surface area (Å²) in [7, 11) is 0. The predicted octanol–water partition coefficient (Wildman–Crippen LogP) is 18.0. The quantitative estimate of drug-likeness (QED) is 0.150. The minimum atomic E-state index is -0.184. The van der Waals surface area contributed by atoms with Gasteiger partial charge in [0, 0.05) is 27.9 Å². The summed E-state index contributed by atoms with van der Waals surface area (Å²) >= 11 is 0. The van der Waals surface area contributed by atoms with E-state index < -0.39 is 0 Å². The van der Waals surface area contributed by atoms with Gasteiger partial charge in [0.05, 0.1) is 0 Å². The number of hydrogen-bond donors (Lipinski definition) is 0. The summed E-state index contributed by atoms with van der Waals surface area (Å²) in [6, 6.07) is 88.9. The Morgan fingerprint density at radius 1 is 0.333 bits per heavy atom. The van der Waals surface area contributed by atoms with Gasteiger partial charge in [-0.2, -0.15) is 0 Å². The second-order valence-electron chi connectivity index (χ2n) is 19.9. The Labute approximate surface area is 404 Å². The zero-order valence-electron chi connectivity index (χ0n) is 38.9. The number of aryl methyl sites for hydroxylation is 1. The van der Waals surface area contributed by atoms with E-state index in [4.69, 9.17) is 0 Å². The maximum atomic E-state index is 2.51. The van der Waals surface area contributed by atoms with Crippen molar-refractivity contribution >= 4 is 38.6 Å². The van der Waals surface area contributed by atoms with E-state index in [1.54, 1.807) is 0 Å². The summed E-state index contributed by atoms with van der Waals surface area (Å²) in [5.74, 6) is 0. The first-order valence-corrected chi connectivity index (χ1v) is 24.5. The van der Waals surface area contributed by atoms with Gasteiger partial charge in [0.1, 0.15) is 0 Å². The van der Waals surface area contributed by atoms with Crippen molar-refractivity contribution in [3.63, 3.8) is 0 Å². The zero-order valence-corrected chi connectivity index (χ0v) is 38.9. The van der Waals surface area contributed by atoms with E-state index in [0.29, 0.717) is 0 Å². The summed E-state index contributed by atoms with van der Waals surface area (Å²) in [5, 5.41) is 5.10. The highest BCUT2D eigenvalue weighted by atomic mass is 15.1. The molecule has 326 valence electrons. The van der Waals surface area contributed by atoms with Crippen molar-refractivity contribution in [3.05, 3.63) is 270 Å². The number of fused-ring (bicyclic) bond motifs is 13. The maximum absolute atomic E-state index is 2.51. The molecule has 1 unspecified atom stereocenters. The third-order valence-electron chi connectivity index (χ3n) is 16.1. The summed E-state index contributed by atoms with van der Waals surface area (Å²) in [4.78, 5) is 2.47. The fourth-order valence-electron chi connectivity index (χ4n) is 12.9. The van der Waals surface area contributed by atoms with Crippen molar-refractivity contribution in [2.24, 2.45) is 0 Å². The Morgan fingerprint density at radius 2 is 0.870 bits per heavy atom. The molecule has 0 fully saturated rings. The molecule has 0 radical (unpaired) electrons. The van der Waals surface area contributed by atoms with Crippen LogP contribution in [0.15, 0.2) is 237 Å². The first kappa shape index (κ1) is 39.9. The van der Waals surface area contributed by atoms with Crippen LogP contribution in [0, 0.1) is 0 Å². The van der Waals surface area contributed by atoms with Gasteiger partial charge in [-0.3, -0.25) is 0 Å². The molecule has 11 aromatic carbocycles. The van der Waals surface area contributed by atoms with Gasteiger partial charge < -0.3 is 4.90 Å². The van der Waals surface area contributed by atoms with Gasteiger partial charge in [0.2, 0.25) is 0 Å². The molecule has 0 aliphatic heterocycles. The molecule has 1 atom stereocenters. The summed E-state index contributed by atoms with van der Waals surface area (Å²) in [6.45, 7) is 4.77. The molecular weight excluding hydrogens is 831 g/mol. The van der Waals surface area contributed by atoms with Gasteiger partial charge in [0.15, 0.2) is 0 Å². The fourth-order valence-corrected chi connectivity index (χ4v) is 12.9. The number of anilines is 3. The van der Waals surface area contributed by atoms with Crippen LogP contribution < -0.4 is 4.90 Å². The lowest BCUT2D eigenvalue weighted by Crippen LogP contribution is -2.24. The zero-order chi connectivity index (χ0) is 45.8. The summed E-state index contributed by atoms with van der Waals surface area (Å²) in [6.07, 6.45) is 2.14. The fraction of sp³-hybridized carbons (Fsp3) is 0.0882. The SMILES string of the molecule is CC1(C)c2ccccc2-c2cccc(-c3ccccc3-c3ccc(N(c4ccc(-c5ccc6c(ccc7ccccc76)c5)cc4)c4ccc5c(c4)C4(CCc6ccccc64)c4ccccc4-5)cc3)c21. The Balaban J connectivity index is 0.894. The van der Waals surface area contributed by atoms with Crippen molar-refractivity contribution in [1.82, 2.24) is 0 Å². The van der Waals surface area contributed by atoms with Crippen LogP contribution in [0.4, 0.5) is 17.1 Å². The highest BCUT2D eigenvalue weighted by Crippen LogP contribution is 2.59. The average molecular weight is 880 g/mol. The third kappa shape index (κ3) is 5.90. The number of nitrogens with zero attached hydrogens (tertiary/aromatic N) is 1. The van der Waals surface area contributed by atoms with Gasteiger partial charge in [-0.1, -0.05) is 208 Å². The molecule has 3 aliphatic carbocycles. The molecule has 0 N–H and O–H groups in total. The van der Waals surface area contributed by atoms with Crippen LogP contribution in [0.25, 0.3) is 77.2 Å². The molecule has 3 aliphatic rings. The number of hydrogen-bond acceptors (Lipinski definition) is 1. The molecule has 1 nitrogen and oxygen atoms in total. The van der Waals surface area contributed by atoms with Crippen molar-refractivity contribution < 1.29 is 0 Å². The molecule has 69 heavy (non-hydrogen) atoms. The maximum Gasteiger partial charge on any atom is 0.0470 e. The van der Waals surface area contributed by atoms with Crippen LogP contribution in [0.2, 0.25) is 0 Å². The lowest BCUT2D eigenvalue weighted by molar-refractivity contribution is 0.626. The van der Waals surface area contributed by atoms with E-state index in [0.717, 1.165) is 29.9 Å². The highest BCUT2D eigenvalue weighted by molar-refractivity contribution is 6.08. The van der Waals surface area contributed by atoms with Crippen molar-refractivity contribution in [3.8, 4) is 55.6 Å². The van der Waals surface area contributed by atoms with E-state index in [-0.39, 0.29) is 10.8 Å². The van der Waals surface area contributed by atoms with Crippen LogP contribution in [0.1, 0.15) is 53.6 Å². The molecule has 0 bridgehead atoms. The smallest absolute Gasteiger partial charge is 0.0470 e. The Morgan fingerprint density at radius 3 is 1.65 bits per heavy atom. The molecule has 0 amide bonds. The third-order valence-corrected chi connectivity index (χ3v) is 16.1. The van der Waals surface area contributed by atoms with Crippen LogP contribution in [-0.4, -0.2) is 0 Å². The molecular formula is C68H49N. The van der Waals surface area contributed by atoms with Crippen LogP contribution in [0.5, 0.6) is 0 Å². The van der Waals surface area contributed by atoms with E-state index in [9.17, 15) is 0 Å². The topological polar surface area (TPSA) is 3.24 Å². The molecule has 0 heterocycles. The second kappa shape index (κ2) is 15.1. The Hall–Kier alpha value is -8.26. The lowest BCUT2D eigenvalue weighted by Gasteiger charge is -2.31.